The fraction of sp³-hybridized carbons (Fsp3) is 0.549. The van der Waals surface area contributed by atoms with Gasteiger partial charge in [0.1, 0.15) is 19.8 Å². The predicted octanol–water partition coefficient (Wildman–Crippen LogP) is 3.00. The molecular formula is C82H119N21O22. The van der Waals surface area contributed by atoms with E-state index in [2.05, 4.69) is 86.4 Å². The Bertz CT molecular complexity index is 4070. The van der Waals surface area contributed by atoms with Crippen molar-refractivity contribution in [2.45, 2.75) is 83.7 Å². The minimum absolute atomic E-state index is 0.0649. The van der Waals surface area contributed by atoms with E-state index in [0.29, 0.717) is 203 Å². The third-order valence-electron chi connectivity index (χ3n) is 18.3. The quantitative estimate of drug-likeness (QED) is 0.0244. The summed E-state index contributed by atoms with van der Waals surface area (Å²) in [6.07, 6.45) is 4.50. The SMILES string of the molecule is NCCOCCOCCOCCNC(=O)NC(CCC(=O)NCCOCCOCCOCCOCc1ccc(COc2nc(N)nc3[nH]cnc23)cc1)(CCC(=O)NCCOCCOCCOCCOCc1ccc(COc2nc(N)nc3[nH]cnc23)cc1)CCC(=O)NCCOCCOCCOCCOCc1ccc(COc2nc(N)nc3[nH]cnc23)cc1. The maximum Gasteiger partial charge on any atom is 0.315 e. The van der Waals surface area contributed by atoms with Gasteiger partial charge in [-0.25, -0.2) is 19.7 Å². The van der Waals surface area contributed by atoms with Crippen molar-refractivity contribution in [2.75, 3.05) is 228 Å². The van der Waals surface area contributed by atoms with Crippen molar-refractivity contribution < 1.29 is 104 Å². The first-order chi connectivity index (χ1) is 61.4. The summed E-state index contributed by atoms with van der Waals surface area (Å²) >= 11 is 0. The summed E-state index contributed by atoms with van der Waals surface area (Å²) in [4.78, 5) is 101. The standard InChI is InChI=1S/C82H119N21O22/c83-19-24-108-29-34-113-38-33-112-28-23-90-81(107)103-82(16-13-66(104)87-20-25-109-30-35-114-39-42-117-45-48-120-51-60-1-7-63(8-2-60)54-123-75-69-72(94-57-91-69)97-78(84)100-75,17-14-67(105)88-21-26-110-31-36-115-40-43-118-46-49-121-52-61-3-9-64(10-4-61)55-124-76-70-73(95-58-92-70)98-79(85)101-76)18-15-68(106)89-22-27-111-32-37-116-41-44-119-47-50-122-53-62-5-11-65(12-6-62)56-125-77-71-74(96-59-93-71)99-80(86)102-77/h1-12,57-59H,13-56,83H2,(H,87,104)(H,88,105)(H,89,106)(H2,90,103,107)(H3,84,91,94,97,100)(H3,85,92,95,98,101)(H3,86,93,96,99,102). The number of rotatable bonds is 72. The van der Waals surface area contributed by atoms with Gasteiger partial charge in [0.2, 0.25) is 53.2 Å². The molecule has 6 heterocycles. The Morgan fingerprint density at radius 1 is 0.296 bits per heavy atom. The zero-order valence-corrected chi connectivity index (χ0v) is 70.6. The van der Waals surface area contributed by atoms with Crippen LogP contribution < -0.4 is 63.7 Å². The summed E-state index contributed by atoms with van der Waals surface area (Å²) < 4.78 is 103. The number of H-pyrrole nitrogens is 3. The van der Waals surface area contributed by atoms with Crippen LogP contribution in [0.25, 0.3) is 33.5 Å². The zero-order valence-electron chi connectivity index (χ0n) is 70.6. The normalized spacial score (nSPS) is 11.6. The Balaban J connectivity index is 0.644. The number of amides is 5. The summed E-state index contributed by atoms with van der Waals surface area (Å²) in [5.74, 6) is 0.171. The summed E-state index contributed by atoms with van der Waals surface area (Å²) in [6, 6.07) is 22.9. The molecule has 3 aromatic carbocycles. The number of nitrogens with one attached hydrogen (secondary N) is 8. The lowest BCUT2D eigenvalue weighted by Gasteiger charge is -2.35. The largest absolute Gasteiger partial charge is 0.471 e. The zero-order chi connectivity index (χ0) is 87.7. The van der Waals surface area contributed by atoms with Crippen LogP contribution in [0.2, 0.25) is 0 Å². The Kier molecular flexibility index (Phi) is 46.3. The molecular weight excluding hydrogens is 1630 g/mol. The van der Waals surface area contributed by atoms with Crippen LogP contribution in [0.1, 0.15) is 71.9 Å². The van der Waals surface area contributed by atoms with Gasteiger partial charge < -0.3 is 150 Å². The molecule has 0 fully saturated rings. The number of nitrogens with zero attached hydrogens (tertiary/aromatic N) is 9. The maximum atomic E-state index is 13.9. The Morgan fingerprint density at radius 2 is 0.528 bits per heavy atom. The summed E-state index contributed by atoms with van der Waals surface area (Å²) in [7, 11) is 0. The smallest absolute Gasteiger partial charge is 0.315 e. The number of imidazole rings is 3. The molecule has 0 spiro atoms. The molecule has 0 bridgehead atoms. The van der Waals surface area contributed by atoms with Crippen molar-refractivity contribution in [3.8, 4) is 17.6 Å². The van der Waals surface area contributed by atoms with E-state index in [0.717, 1.165) is 33.4 Å². The van der Waals surface area contributed by atoms with Gasteiger partial charge in [0.25, 0.3) is 0 Å². The van der Waals surface area contributed by atoms with E-state index in [1.54, 1.807) is 0 Å². The van der Waals surface area contributed by atoms with Crippen LogP contribution in [0.5, 0.6) is 17.6 Å². The van der Waals surface area contributed by atoms with Crippen LogP contribution in [-0.2, 0) is 125 Å². The van der Waals surface area contributed by atoms with E-state index in [1.807, 2.05) is 72.8 Å². The molecule has 0 radical (unpaired) electrons. The van der Waals surface area contributed by atoms with Crippen LogP contribution in [-0.4, -0.2) is 300 Å². The predicted molar refractivity (Wildman–Crippen MR) is 454 cm³/mol. The lowest BCUT2D eigenvalue weighted by molar-refractivity contribution is -0.121. The summed E-state index contributed by atoms with van der Waals surface area (Å²) in [5.41, 5.74) is 30.4. The Morgan fingerprint density at radius 3 is 0.792 bits per heavy atom. The molecule has 0 saturated carbocycles. The average molecular weight is 1750 g/mol. The van der Waals surface area contributed by atoms with Gasteiger partial charge >= 0.3 is 6.03 Å². The van der Waals surface area contributed by atoms with Crippen LogP contribution in [0.4, 0.5) is 22.6 Å². The summed E-state index contributed by atoms with van der Waals surface area (Å²) in [5, 5.41) is 14.5. The van der Waals surface area contributed by atoms with E-state index in [-0.39, 0.29) is 173 Å². The third kappa shape index (κ3) is 39.9. The number of hydrogen-bond donors (Lipinski definition) is 12. The second-order valence-corrected chi connectivity index (χ2v) is 27.8. The third-order valence-corrected chi connectivity index (χ3v) is 18.3. The Labute approximate surface area is 723 Å². The molecule has 0 aliphatic carbocycles. The van der Waals surface area contributed by atoms with Gasteiger partial charge in [0.05, 0.1) is 217 Å². The highest BCUT2D eigenvalue weighted by atomic mass is 16.6. The molecule has 0 unspecified atom stereocenters. The molecule has 9 rings (SSSR count). The van der Waals surface area contributed by atoms with Gasteiger partial charge in [-0.15, -0.1) is 0 Å². The molecule has 0 saturated heterocycles. The van der Waals surface area contributed by atoms with Gasteiger partial charge in [0.15, 0.2) is 33.5 Å². The fourth-order valence-corrected chi connectivity index (χ4v) is 11.8. The first-order valence-electron chi connectivity index (χ1n) is 41.6. The minimum atomic E-state index is -1.24. The molecule has 43 nitrogen and oxygen atoms in total. The lowest BCUT2D eigenvalue weighted by atomic mass is 9.83. The van der Waals surface area contributed by atoms with Crippen LogP contribution in [0, 0.1) is 0 Å². The van der Waals surface area contributed by atoms with Crippen LogP contribution in [0.15, 0.2) is 91.8 Å². The number of hydrogen-bond acceptors (Lipinski definition) is 35. The maximum absolute atomic E-state index is 13.9. The highest BCUT2D eigenvalue weighted by Gasteiger charge is 2.34. The van der Waals surface area contributed by atoms with Crippen molar-refractivity contribution in [3.05, 3.63) is 125 Å². The molecule has 0 atom stereocenters. The van der Waals surface area contributed by atoms with E-state index < -0.39 is 11.6 Å². The van der Waals surface area contributed by atoms with Gasteiger partial charge in [-0.2, -0.15) is 29.9 Å². The number of aromatic amines is 3. The molecule has 125 heavy (non-hydrogen) atoms. The number of benzene rings is 3. The summed E-state index contributed by atoms with van der Waals surface area (Å²) in [6.45, 7) is 11.8. The van der Waals surface area contributed by atoms with Crippen molar-refractivity contribution in [1.82, 2.24) is 86.4 Å². The van der Waals surface area contributed by atoms with E-state index in [9.17, 15) is 19.2 Å². The van der Waals surface area contributed by atoms with Gasteiger partial charge in [-0.3, -0.25) is 14.4 Å². The molecule has 5 amide bonds. The highest BCUT2D eigenvalue weighted by molar-refractivity contribution is 5.80. The number of carbonyl (C=O) groups is 4. The van der Waals surface area contributed by atoms with E-state index in [1.165, 1.54) is 19.0 Å². The molecule has 6 aromatic heterocycles. The average Bonchev–Trinajstić information content (AvgIpc) is 1.71. The lowest BCUT2D eigenvalue weighted by Crippen LogP contribution is -2.54. The number of aromatic nitrogens is 12. The van der Waals surface area contributed by atoms with E-state index >= 15 is 0 Å². The number of fused-ring (bicyclic) bond motifs is 3. The van der Waals surface area contributed by atoms with Gasteiger partial charge in [-0.05, 0) is 52.6 Å². The monoisotopic (exact) mass is 1750 g/mol. The number of nitrogen functional groups attached to an aromatic ring is 3. The molecule has 9 aromatic rings. The number of nitrogens with two attached hydrogens (primary N) is 4. The topological polar surface area (TPSA) is 562 Å². The highest BCUT2D eigenvalue weighted by Crippen LogP contribution is 2.28. The molecule has 16 N–H and O–H groups in total. The number of urea groups is 1. The van der Waals surface area contributed by atoms with Crippen molar-refractivity contribution in [1.29, 1.82) is 0 Å². The second kappa shape index (κ2) is 59.1. The van der Waals surface area contributed by atoms with Crippen molar-refractivity contribution >= 4 is 75.1 Å². The van der Waals surface area contributed by atoms with Crippen LogP contribution in [0.3, 0.4) is 0 Å². The second-order valence-electron chi connectivity index (χ2n) is 27.8. The number of ether oxygens (including phenoxy) is 18. The van der Waals surface area contributed by atoms with Crippen molar-refractivity contribution in [3.63, 3.8) is 0 Å². The molecule has 684 valence electrons. The molecule has 43 heteroatoms. The molecule has 0 aliphatic heterocycles. The Hall–Kier alpha value is -10.9. The van der Waals surface area contributed by atoms with Gasteiger partial charge in [0, 0.05) is 57.5 Å². The van der Waals surface area contributed by atoms with Crippen molar-refractivity contribution in [2.24, 2.45) is 5.73 Å². The molecule has 0 aliphatic rings. The van der Waals surface area contributed by atoms with E-state index in [4.69, 9.17) is 108 Å². The fourth-order valence-electron chi connectivity index (χ4n) is 11.8. The van der Waals surface area contributed by atoms with Gasteiger partial charge in [-0.1, -0.05) is 72.8 Å². The minimum Gasteiger partial charge on any atom is -0.471 e. The first kappa shape index (κ1) is 97.9. The number of carbonyl (C=O) groups excluding carboxylic acids is 4. The number of anilines is 3. The first-order valence-corrected chi connectivity index (χ1v) is 41.6. The van der Waals surface area contributed by atoms with Crippen LogP contribution >= 0.6 is 0 Å².